The Balaban J connectivity index is 1.76. The molecule has 0 bridgehead atoms. The number of hydrogen-bond acceptors (Lipinski definition) is 5. The second kappa shape index (κ2) is 6.21. The highest BCUT2D eigenvalue weighted by Gasteiger charge is 2.14. The van der Waals surface area contributed by atoms with E-state index in [1.54, 1.807) is 6.07 Å². The van der Waals surface area contributed by atoms with E-state index in [1.165, 1.54) is 11.3 Å². The van der Waals surface area contributed by atoms with Crippen molar-refractivity contribution in [2.75, 3.05) is 5.32 Å². The Morgan fingerprint density at radius 1 is 1.30 bits per heavy atom. The molecule has 0 saturated heterocycles. The molecule has 0 unspecified atom stereocenters. The van der Waals surface area contributed by atoms with Crippen LogP contribution in [0, 0.1) is 13.8 Å². The predicted molar refractivity (Wildman–Crippen MR) is 88.6 cm³/mol. The molecule has 0 saturated carbocycles. The molecule has 2 heterocycles. The Morgan fingerprint density at radius 2 is 2.13 bits per heavy atom. The molecule has 23 heavy (non-hydrogen) atoms. The fraction of sp³-hybridized carbons (Fsp3) is 0.188. The Hall–Kier alpha value is -2.67. The maximum atomic E-state index is 12.1. The van der Waals surface area contributed by atoms with Crippen molar-refractivity contribution >= 4 is 22.9 Å². The number of aryl methyl sites for hydroxylation is 1. The van der Waals surface area contributed by atoms with E-state index in [-0.39, 0.29) is 18.3 Å². The zero-order chi connectivity index (χ0) is 16.4. The average Bonchev–Trinajstić information content (AvgIpc) is 3.14. The summed E-state index contributed by atoms with van der Waals surface area (Å²) < 4.78 is 6.10. The molecule has 1 aromatic carbocycles. The number of nitrogens with one attached hydrogen (secondary N) is 1. The van der Waals surface area contributed by atoms with Crippen LogP contribution in [0.15, 0.2) is 44.9 Å². The number of amides is 1. The summed E-state index contributed by atoms with van der Waals surface area (Å²) in [6, 6.07) is 9.31. The predicted octanol–water partition coefficient (Wildman–Crippen LogP) is 2.82. The van der Waals surface area contributed by atoms with Crippen LogP contribution in [0.2, 0.25) is 0 Å². The van der Waals surface area contributed by atoms with Crippen LogP contribution in [0.3, 0.4) is 0 Å². The quantitative estimate of drug-likeness (QED) is 0.798. The molecular weight excluding hydrogens is 314 g/mol. The SMILES string of the molecule is Cc1cccc(NC(=O)Cn2nc(-c3cccs3)oc2=O)c1C. The van der Waals surface area contributed by atoms with Gasteiger partial charge in [-0.1, -0.05) is 18.2 Å². The number of carbonyl (C=O) groups excluding carboxylic acids is 1. The molecule has 3 rings (SSSR count). The third-order valence-electron chi connectivity index (χ3n) is 3.51. The van der Waals surface area contributed by atoms with Crippen LogP contribution in [-0.2, 0) is 11.3 Å². The molecule has 0 aliphatic carbocycles. The molecule has 3 aromatic rings. The fourth-order valence-electron chi connectivity index (χ4n) is 2.12. The van der Waals surface area contributed by atoms with Crippen molar-refractivity contribution in [3.63, 3.8) is 0 Å². The van der Waals surface area contributed by atoms with E-state index in [2.05, 4.69) is 10.4 Å². The minimum absolute atomic E-state index is 0.193. The standard InChI is InChI=1S/C16H15N3O3S/c1-10-5-3-6-12(11(10)2)17-14(20)9-19-16(21)22-15(18-19)13-7-4-8-23-13/h3-8H,9H2,1-2H3,(H,17,20). The summed E-state index contributed by atoms with van der Waals surface area (Å²) in [5, 5.41) is 8.72. The van der Waals surface area contributed by atoms with Gasteiger partial charge in [-0.2, -0.15) is 4.68 Å². The molecule has 0 radical (unpaired) electrons. The number of benzene rings is 1. The Bertz CT molecular complexity index is 894. The van der Waals surface area contributed by atoms with Crippen LogP contribution in [0.4, 0.5) is 5.69 Å². The Kier molecular flexibility index (Phi) is 4.12. The molecule has 0 atom stereocenters. The third-order valence-corrected chi connectivity index (χ3v) is 4.37. The van der Waals surface area contributed by atoms with E-state index in [4.69, 9.17) is 4.42 Å². The number of anilines is 1. The second-order valence-electron chi connectivity index (χ2n) is 5.10. The van der Waals surface area contributed by atoms with Gasteiger partial charge < -0.3 is 9.73 Å². The first-order valence-electron chi connectivity index (χ1n) is 7.02. The van der Waals surface area contributed by atoms with Crippen molar-refractivity contribution in [1.82, 2.24) is 9.78 Å². The van der Waals surface area contributed by atoms with Crippen LogP contribution in [0.25, 0.3) is 10.8 Å². The van der Waals surface area contributed by atoms with Crippen molar-refractivity contribution < 1.29 is 9.21 Å². The summed E-state index contributed by atoms with van der Waals surface area (Å²) in [5.74, 6) is -0.749. The van der Waals surface area contributed by atoms with Crippen molar-refractivity contribution in [2.45, 2.75) is 20.4 Å². The van der Waals surface area contributed by atoms with Crippen LogP contribution in [-0.4, -0.2) is 15.7 Å². The van der Waals surface area contributed by atoms with Crippen molar-refractivity contribution in [3.8, 4) is 10.8 Å². The van der Waals surface area contributed by atoms with Crippen molar-refractivity contribution in [1.29, 1.82) is 0 Å². The van der Waals surface area contributed by atoms with Gasteiger partial charge in [-0.15, -0.1) is 16.4 Å². The highest BCUT2D eigenvalue weighted by atomic mass is 32.1. The molecule has 6 nitrogen and oxygen atoms in total. The monoisotopic (exact) mass is 329 g/mol. The van der Waals surface area contributed by atoms with Crippen molar-refractivity contribution in [3.05, 3.63) is 57.4 Å². The molecule has 2 aromatic heterocycles. The maximum absolute atomic E-state index is 12.1. The van der Waals surface area contributed by atoms with Gasteiger partial charge in [0.15, 0.2) is 0 Å². The molecule has 0 aliphatic rings. The van der Waals surface area contributed by atoms with Gasteiger partial charge in [-0.05, 0) is 42.5 Å². The normalized spacial score (nSPS) is 10.7. The van der Waals surface area contributed by atoms with E-state index in [0.717, 1.165) is 26.4 Å². The van der Waals surface area contributed by atoms with Crippen LogP contribution < -0.4 is 11.1 Å². The smallest absolute Gasteiger partial charge is 0.387 e. The van der Waals surface area contributed by atoms with Crippen LogP contribution in [0.1, 0.15) is 11.1 Å². The lowest BCUT2D eigenvalue weighted by Crippen LogP contribution is -2.26. The zero-order valence-corrected chi connectivity index (χ0v) is 13.5. The molecule has 0 fully saturated rings. The minimum atomic E-state index is -0.649. The number of carbonyl (C=O) groups is 1. The van der Waals surface area contributed by atoms with Gasteiger partial charge in [-0.25, -0.2) is 4.79 Å². The summed E-state index contributed by atoms with van der Waals surface area (Å²) in [6.07, 6.45) is 0. The van der Waals surface area contributed by atoms with E-state index in [1.807, 2.05) is 43.5 Å². The van der Waals surface area contributed by atoms with Crippen molar-refractivity contribution in [2.24, 2.45) is 0 Å². The maximum Gasteiger partial charge on any atom is 0.437 e. The molecule has 1 amide bonds. The topological polar surface area (TPSA) is 77.1 Å². The summed E-state index contributed by atoms with van der Waals surface area (Å²) >= 11 is 1.41. The number of hydrogen-bond donors (Lipinski definition) is 1. The van der Waals surface area contributed by atoms with Gasteiger partial charge in [-0.3, -0.25) is 4.79 Å². The summed E-state index contributed by atoms with van der Waals surface area (Å²) in [5.41, 5.74) is 2.80. The molecule has 0 aliphatic heterocycles. The van der Waals surface area contributed by atoms with Gasteiger partial charge in [0, 0.05) is 5.69 Å². The summed E-state index contributed by atoms with van der Waals surface area (Å²) in [4.78, 5) is 24.7. The second-order valence-corrected chi connectivity index (χ2v) is 6.05. The molecule has 0 spiro atoms. The lowest BCUT2D eigenvalue weighted by Gasteiger charge is -2.09. The van der Waals surface area contributed by atoms with Crippen LogP contribution in [0.5, 0.6) is 0 Å². The van der Waals surface area contributed by atoms with Gasteiger partial charge in [0.1, 0.15) is 6.54 Å². The third kappa shape index (κ3) is 3.24. The largest absolute Gasteiger partial charge is 0.437 e. The number of aromatic nitrogens is 2. The summed E-state index contributed by atoms with van der Waals surface area (Å²) in [7, 11) is 0. The molecule has 7 heteroatoms. The Morgan fingerprint density at radius 3 is 2.87 bits per heavy atom. The highest BCUT2D eigenvalue weighted by Crippen LogP contribution is 2.21. The lowest BCUT2D eigenvalue weighted by molar-refractivity contribution is -0.117. The molecular formula is C16H15N3O3S. The first-order valence-corrected chi connectivity index (χ1v) is 7.90. The molecule has 118 valence electrons. The van der Waals surface area contributed by atoms with Gasteiger partial charge >= 0.3 is 5.76 Å². The lowest BCUT2D eigenvalue weighted by atomic mass is 10.1. The number of nitrogens with zero attached hydrogens (tertiary/aromatic N) is 2. The van der Waals surface area contributed by atoms with E-state index < -0.39 is 5.76 Å². The highest BCUT2D eigenvalue weighted by molar-refractivity contribution is 7.13. The van der Waals surface area contributed by atoms with E-state index in [9.17, 15) is 9.59 Å². The Labute approximate surface area is 136 Å². The van der Waals surface area contributed by atoms with E-state index >= 15 is 0 Å². The van der Waals surface area contributed by atoms with E-state index in [0.29, 0.717) is 0 Å². The van der Waals surface area contributed by atoms with Gasteiger partial charge in [0.2, 0.25) is 5.91 Å². The summed E-state index contributed by atoms with van der Waals surface area (Å²) in [6.45, 7) is 3.71. The molecule has 1 N–H and O–H groups in total. The minimum Gasteiger partial charge on any atom is -0.387 e. The van der Waals surface area contributed by atoms with Gasteiger partial charge in [0.25, 0.3) is 5.89 Å². The number of rotatable bonds is 4. The first-order chi connectivity index (χ1) is 11.0. The van der Waals surface area contributed by atoms with Crippen LogP contribution >= 0.6 is 11.3 Å². The zero-order valence-electron chi connectivity index (χ0n) is 12.7. The van der Waals surface area contributed by atoms with Gasteiger partial charge in [0.05, 0.1) is 4.88 Å². The first kappa shape index (κ1) is 15.2. The average molecular weight is 329 g/mol. The fourth-order valence-corrected chi connectivity index (χ4v) is 2.76. The number of thiophene rings is 1.